The van der Waals surface area contributed by atoms with Gasteiger partial charge < -0.3 is 24.0 Å². The normalized spacial score (nSPS) is 11.2. The second-order valence-electron chi connectivity index (χ2n) is 9.04. The Bertz CT molecular complexity index is 1250. The van der Waals surface area contributed by atoms with Crippen LogP contribution in [-0.2, 0) is 13.0 Å². The van der Waals surface area contributed by atoms with E-state index in [0.29, 0.717) is 19.0 Å². The molecule has 4 rings (SSSR count). The molecule has 0 saturated heterocycles. The number of ether oxygens (including phenoxy) is 2. The van der Waals surface area contributed by atoms with Gasteiger partial charge in [-0.15, -0.1) is 0 Å². The summed E-state index contributed by atoms with van der Waals surface area (Å²) in [7, 11) is 0. The molecule has 0 bridgehead atoms. The summed E-state index contributed by atoms with van der Waals surface area (Å²) in [4.78, 5) is 7.05. The molecule has 0 aliphatic carbocycles. The molecule has 0 spiro atoms. The van der Waals surface area contributed by atoms with Crippen molar-refractivity contribution in [2.75, 3.05) is 32.8 Å². The predicted octanol–water partition coefficient (Wildman–Crippen LogP) is 6.42. The maximum absolute atomic E-state index is 9.93. The number of rotatable bonds is 14. The zero-order valence-electron chi connectivity index (χ0n) is 22.1. The van der Waals surface area contributed by atoms with Crippen molar-refractivity contribution in [3.05, 3.63) is 95.4 Å². The minimum Gasteiger partial charge on any atom is -0.494 e. The highest BCUT2D eigenvalue weighted by Gasteiger charge is 2.11. The minimum absolute atomic E-state index is 0.157. The molecular weight excluding hydrogens is 498 g/mol. The van der Waals surface area contributed by atoms with Gasteiger partial charge in [-0.2, -0.15) is 0 Å². The van der Waals surface area contributed by atoms with E-state index in [1.54, 1.807) is 0 Å². The number of aromatic nitrogens is 2. The van der Waals surface area contributed by atoms with E-state index in [1.165, 1.54) is 5.56 Å². The molecule has 0 fully saturated rings. The highest BCUT2D eigenvalue weighted by atomic mass is 35.5. The van der Waals surface area contributed by atoms with Gasteiger partial charge in [-0.3, -0.25) is 0 Å². The third-order valence-corrected chi connectivity index (χ3v) is 6.79. The number of nitrogens with zero attached hydrogens (tertiary/aromatic N) is 3. The molecule has 1 heterocycles. The lowest BCUT2D eigenvalue weighted by Crippen LogP contribution is -2.25. The fourth-order valence-electron chi connectivity index (χ4n) is 4.27. The Kier molecular flexibility index (Phi) is 10.2. The summed E-state index contributed by atoms with van der Waals surface area (Å²) >= 11 is 5.95. The van der Waals surface area contributed by atoms with Crippen LogP contribution in [0, 0.1) is 0 Å². The Morgan fingerprint density at radius 3 is 2.11 bits per heavy atom. The van der Waals surface area contributed by atoms with Crippen LogP contribution >= 0.6 is 11.6 Å². The summed E-state index contributed by atoms with van der Waals surface area (Å²) in [5, 5.41) is 10.7. The van der Waals surface area contributed by atoms with Crippen LogP contribution in [0.15, 0.2) is 79.0 Å². The molecule has 0 radical (unpaired) electrons. The quantitative estimate of drug-likeness (QED) is 0.190. The molecule has 0 amide bonds. The van der Waals surface area contributed by atoms with E-state index < -0.39 is 0 Å². The lowest BCUT2D eigenvalue weighted by atomic mass is 10.1. The number of benzene rings is 3. The van der Waals surface area contributed by atoms with E-state index in [4.69, 9.17) is 21.1 Å². The Morgan fingerprint density at radius 2 is 1.47 bits per heavy atom. The Morgan fingerprint density at radius 1 is 0.842 bits per heavy atom. The van der Waals surface area contributed by atoms with E-state index >= 15 is 0 Å². The van der Waals surface area contributed by atoms with Crippen LogP contribution in [0.1, 0.15) is 31.7 Å². The van der Waals surface area contributed by atoms with Crippen molar-refractivity contribution in [3.63, 3.8) is 0 Å². The molecular formula is C31H36ClN3O3. The van der Waals surface area contributed by atoms with Gasteiger partial charge >= 0.3 is 0 Å². The zero-order chi connectivity index (χ0) is 26.7. The second-order valence-corrected chi connectivity index (χ2v) is 9.48. The summed E-state index contributed by atoms with van der Waals surface area (Å²) in [6.45, 7) is 8.64. The van der Waals surface area contributed by atoms with Gasteiger partial charge in [0.1, 0.15) is 23.9 Å². The van der Waals surface area contributed by atoms with Gasteiger partial charge in [0.2, 0.25) is 0 Å². The summed E-state index contributed by atoms with van der Waals surface area (Å²) in [5.74, 6) is 2.22. The molecule has 1 N–H and O–H groups in total. The summed E-state index contributed by atoms with van der Waals surface area (Å²) < 4.78 is 13.7. The lowest BCUT2D eigenvalue weighted by molar-refractivity contribution is 0.249. The molecule has 7 heteroatoms. The highest BCUT2D eigenvalue weighted by Crippen LogP contribution is 2.25. The first-order valence-electron chi connectivity index (χ1n) is 13.2. The van der Waals surface area contributed by atoms with Crippen LogP contribution in [-0.4, -0.2) is 52.4 Å². The van der Waals surface area contributed by atoms with E-state index in [-0.39, 0.29) is 6.61 Å². The third kappa shape index (κ3) is 7.60. The number of hydrogen-bond donors (Lipinski definition) is 1. The van der Waals surface area contributed by atoms with Gasteiger partial charge in [0, 0.05) is 35.4 Å². The van der Waals surface area contributed by atoms with E-state index in [2.05, 4.69) is 23.7 Å². The third-order valence-electron chi connectivity index (χ3n) is 6.54. The van der Waals surface area contributed by atoms with E-state index in [9.17, 15) is 5.11 Å². The van der Waals surface area contributed by atoms with Crippen LogP contribution < -0.4 is 9.47 Å². The van der Waals surface area contributed by atoms with Crippen molar-refractivity contribution < 1.29 is 14.6 Å². The summed E-state index contributed by atoms with van der Waals surface area (Å²) in [6, 6.07) is 23.6. The smallest absolute Gasteiger partial charge is 0.139 e. The number of halogens is 1. The van der Waals surface area contributed by atoms with Crippen molar-refractivity contribution in [3.8, 4) is 28.4 Å². The standard InChI is InChI=1S/C31H36ClN3O3/c1-3-34(4-2)19-5-20-37-29-16-12-27(13-17-29)35-22-30(33-31(35)23-36)25-8-14-28(15-9-25)38-21-18-24-6-10-26(32)11-7-24/h6-17,22,36H,3-5,18-21,23H2,1-2H3. The van der Waals surface area contributed by atoms with Crippen LogP contribution in [0.5, 0.6) is 11.5 Å². The Labute approximate surface area is 230 Å². The van der Waals surface area contributed by atoms with Gasteiger partial charge in [-0.1, -0.05) is 37.6 Å². The van der Waals surface area contributed by atoms with E-state index in [1.807, 2.05) is 83.6 Å². The number of aliphatic hydroxyl groups is 1. The molecule has 6 nitrogen and oxygen atoms in total. The molecule has 200 valence electrons. The fourth-order valence-corrected chi connectivity index (χ4v) is 4.40. The molecule has 0 aliphatic heterocycles. The van der Waals surface area contributed by atoms with Gasteiger partial charge in [0.25, 0.3) is 0 Å². The Balaban J connectivity index is 1.34. The number of hydrogen-bond acceptors (Lipinski definition) is 5. The van der Waals surface area contributed by atoms with Gasteiger partial charge in [-0.05, 0) is 85.7 Å². The van der Waals surface area contributed by atoms with Crippen molar-refractivity contribution in [2.24, 2.45) is 0 Å². The summed E-state index contributed by atoms with van der Waals surface area (Å²) in [5.41, 5.74) is 3.85. The Hall–Kier alpha value is -3.32. The van der Waals surface area contributed by atoms with Crippen molar-refractivity contribution in [2.45, 2.75) is 33.3 Å². The largest absolute Gasteiger partial charge is 0.494 e. The molecule has 0 aliphatic rings. The van der Waals surface area contributed by atoms with Gasteiger partial charge in [0.05, 0.1) is 18.9 Å². The predicted molar refractivity (Wildman–Crippen MR) is 153 cm³/mol. The van der Waals surface area contributed by atoms with Crippen LogP contribution in [0.3, 0.4) is 0 Å². The number of imidazole rings is 1. The molecule has 0 saturated carbocycles. The van der Waals surface area contributed by atoms with Crippen LogP contribution in [0.4, 0.5) is 0 Å². The average Bonchev–Trinajstić information content (AvgIpc) is 3.39. The lowest BCUT2D eigenvalue weighted by Gasteiger charge is -2.17. The highest BCUT2D eigenvalue weighted by molar-refractivity contribution is 6.30. The monoisotopic (exact) mass is 533 g/mol. The average molecular weight is 534 g/mol. The van der Waals surface area contributed by atoms with Crippen LogP contribution in [0.25, 0.3) is 16.9 Å². The summed E-state index contributed by atoms with van der Waals surface area (Å²) in [6.07, 6.45) is 3.75. The number of aliphatic hydroxyl groups excluding tert-OH is 1. The molecule has 0 atom stereocenters. The molecule has 38 heavy (non-hydrogen) atoms. The molecule has 1 aromatic heterocycles. The first-order chi connectivity index (χ1) is 18.6. The minimum atomic E-state index is -0.157. The zero-order valence-corrected chi connectivity index (χ0v) is 22.9. The van der Waals surface area contributed by atoms with E-state index in [0.717, 1.165) is 65.9 Å². The van der Waals surface area contributed by atoms with Gasteiger partial charge in [0.15, 0.2) is 0 Å². The van der Waals surface area contributed by atoms with Crippen molar-refractivity contribution in [1.29, 1.82) is 0 Å². The fraction of sp³-hybridized carbons (Fsp3) is 0.323. The maximum Gasteiger partial charge on any atom is 0.139 e. The molecule has 3 aromatic carbocycles. The first-order valence-corrected chi connectivity index (χ1v) is 13.6. The van der Waals surface area contributed by atoms with Crippen molar-refractivity contribution in [1.82, 2.24) is 14.5 Å². The molecule has 0 unspecified atom stereocenters. The molecule has 4 aromatic rings. The van der Waals surface area contributed by atoms with Gasteiger partial charge in [-0.25, -0.2) is 4.98 Å². The first kappa shape index (κ1) is 27.7. The topological polar surface area (TPSA) is 59.8 Å². The SMILES string of the molecule is CCN(CC)CCCOc1ccc(-n2cc(-c3ccc(OCCc4ccc(Cl)cc4)cc3)nc2CO)cc1. The maximum atomic E-state index is 9.93. The second kappa shape index (κ2) is 14.0. The van der Waals surface area contributed by atoms with Crippen LogP contribution in [0.2, 0.25) is 5.02 Å². The van der Waals surface area contributed by atoms with Crippen molar-refractivity contribution >= 4 is 11.6 Å².